The van der Waals surface area contributed by atoms with Crippen molar-refractivity contribution in [2.45, 2.75) is 19.9 Å². The lowest BCUT2D eigenvalue weighted by Crippen LogP contribution is -2.30. The van der Waals surface area contributed by atoms with E-state index in [4.69, 9.17) is 9.47 Å². The van der Waals surface area contributed by atoms with Crippen LogP contribution in [0.5, 0.6) is 11.5 Å². The van der Waals surface area contributed by atoms with Gasteiger partial charge >= 0.3 is 0 Å². The number of hydrogen-bond donors (Lipinski definition) is 1. The second-order valence-electron chi connectivity index (χ2n) is 4.82. The molecule has 0 aliphatic rings. The highest BCUT2D eigenvalue weighted by Gasteiger charge is 2.02. The van der Waals surface area contributed by atoms with Gasteiger partial charge in [0.25, 0.3) is 5.91 Å². The molecule has 2 rings (SSSR count). The van der Waals surface area contributed by atoms with E-state index in [-0.39, 0.29) is 12.5 Å². The standard InChI is InChI=1S/C17H22N2O3/c1-2-21-15-6-8-16(9-7-15)22-14-17(20)18-10-5-13-19-11-3-4-12-19/h3-4,6-9,11-12H,2,5,10,13-14H2,1H3,(H,18,20). The number of amides is 1. The van der Waals surface area contributed by atoms with Gasteiger partial charge in [-0.15, -0.1) is 0 Å². The molecule has 1 amide bonds. The summed E-state index contributed by atoms with van der Waals surface area (Å²) in [5.41, 5.74) is 0. The van der Waals surface area contributed by atoms with E-state index >= 15 is 0 Å². The molecule has 22 heavy (non-hydrogen) atoms. The fourth-order valence-corrected chi connectivity index (χ4v) is 2.01. The second-order valence-corrected chi connectivity index (χ2v) is 4.82. The lowest BCUT2D eigenvalue weighted by atomic mass is 10.3. The van der Waals surface area contributed by atoms with E-state index in [0.717, 1.165) is 18.7 Å². The molecule has 0 saturated heterocycles. The summed E-state index contributed by atoms with van der Waals surface area (Å²) in [5, 5.41) is 2.85. The Bertz CT molecular complexity index is 550. The zero-order valence-corrected chi connectivity index (χ0v) is 12.8. The van der Waals surface area contributed by atoms with E-state index in [0.29, 0.717) is 18.9 Å². The van der Waals surface area contributed by atoms with Gasteiger partial charge in [0.2, 0.25) is 0 Å². The predicted molar refractivity (Wildman–Crippen MR) is 85.2 cm³/mol. The maximum atomic E-state index is 11.7. The van der Waals surface area contributed by atoms with Crippen LogP contribution in [0.1, 0.15) is 13.3 Å². The van der Waals surface area contributed by atoms with Gasteiger partial charge in [0.05, 0.1) is 6.61 Å². The Morgan fingerprint density at radius 1 is 1.09 bits per heavy atom. The number of carbonyl (C=O) groups is 1. The van der Waals surface area contributed by atoms with Crippen LogP contribution in [0.15, 0.2) is 48.8 Å². The van der Waals surface area contributed by atoms with Crippen LogP contribution in [-0.4, -0.2) is 30.2 Å². The number of carbonyl (C=O) groups excluding carboxylic acids is 1. The molecular weight excluding hydrogens is 280 g/mol. The second kappa shape index (κ2) is 8.77. The van der Waals surface area contributed by atoms with Gasteiger partial charge in [0.15, 0.2) is 6.61 Å². The summed E-state index contributed by atoms with van der Waals surface area (Å²) in [6, 6.07) is 11.2. The molecule has 0 aliphatic carbocycles. The molecule has 0 atom stereocenters. The van der Waals surface area contributed by atoms with Crippen molar-refractivity contribution in [1.29, 1.82) is 0 Å². The summed E-state index contributed by atoms with van der Waals surface area (Å²) in [5.74, 6) is 1.34. The highest BCUT2D eigenvalue weighted by atomic mass is 16.5. The Balaban J connectivity index is 1.60. The maximum Gasteiger partial charge on any atom is 0.257 e. The Labute approximate surface area is 130 Å². The average Bonchev–Trinajstić information content (AvgIpc) is 3.04. The Morgan fingerprint density at radius 3 is 2.36 bits per heavy atom. The predicted octanol–water partition coefficient (Wildman–Crippen LogP) is 2.47. The SMILES string of the molecule is CCOc1ccc(OCC(=O)NCCCn2cccc2)cc1. The van der Waals surface area contributed by atoms with Gasteiger partial charge in [-0.2, -0.15) is 0 Å². The van der Waals surface area contributed by atoms with Crippen LogP contribution in [0.2, 0.25) is 0 Å². The highest BCUT2D eigenvalue weighted by molar-refractivity contribution is 5.77. The van der Waals surface area contributed by atoms with Crippen molar-refractivity contribution >= 4 is 5.91 Å². The lowest BCUT2D eigenvalue weighted by molar-refractivity contribution is -0.123. The van der Waals surface area contributed by atoms with E-state index in [2.05, 4.69) is 9.88 Å². The molecule has 1 heterocycles. The number of nitrogens with zero attached hydrogens (tertiary/aromatic N) is 1. The zero-order chi connectivity index (χ0) is 15.6. The van der Waals surface area contributed by atoms with Gasteiger partial charge in [-0.05, 0) is 49.7 Å². The van der Waals surface area contributed by atoms with Crippen molar-refractivity contribution in [3.05, 3.63) is 48.8 Å². The van der Waals surface area contributed by atoms with E-state index in [1.54, 1.807) is 12.1 Å². The molecule has 0 aliphatic heterocycles. The van der Waals surface area contributed by atoms with Crippen LogP contribution in [0.25, 0.3) is 0 Å². The highest BCUT2D eigenvalue weighted by Crippen LogP contribution is 2.17. The maximum absolute atomic E-state index is 11.7. The van der Waals surface area contributed by atoms with Crippen molar-refractivity contribution < 1.29 is 14.3 Å². The third-order valence-corrected chi connectivity index (χ3v) is 3.09. The Kier molecular flexibility index (Phi) is 6.36. The number of ether oxygens (including phenoxy) is 2. The molecule has 0 fully saturated rings. The summed E-state index contributed by atoms with van der Waals surface area (Å²) < 4.78 is 12.9. The topological polar surface area (TPSA) is 52.5 Å². The molecule has 1 aromatic carbocycles. The lowest BCUT2D eigenvalue weighted by Gasteiger charge is -2.09. The fraction of sp³-hybridized carbons (Fsp3) is 0.353. The third kappa shape index (κ3) is 5.52. The van der Waals surface area contributed by atoms with Crippen LogP contribution in [0, 0.1) is 0 Å². The smallest absolute Gasteiger partial charge is 0.257 e. The molecule has 118 valence electrons. The van der Waals surface area contributed by atoms with Gasteiger partial charge in [0, 0.05) is 25.5 Å². The summed E-state index contributed by atoms with van der Waals surface area (Å²) in [4.78, 5) is 11.7. The van der Waals surface area contributed by atoms with Crippen molar-refractivity contribution in [2.75, 3.05) is 19.8 Å². The first-order valence-corrected chi connectivity index (χ1v) is 7.51. The summed E-state index contributed by atoms with van der Waals surface area (Å²) >= 11 is 0. The molecule has 1 aromatic heterocycles. The van der Waals surface area contributed by atoms with Crippen molar-refractivity contribution in [3.8, 4) is 11.5 Å². The van der Waals surface area contributed by atoms with Gasteiger partial charge in [-0.25, -0.2) is 0 Å². The number of rotatable bonds is 9. The molecule has 2 aromatic rings. The fourth-order valence-electron chi connectivity index (χ4n) is 2.01. The molecule has 0 bridgehead atoms. The van der Waals surface area contributed by atoms with E-state index < -0.39 is 0 Å². The molecule has 5 nitrogen and oxygen atoms in total. The molecule has 5 heteroatoms. The molecule has 0 saturated carbocycles. The van der Waals surface area contributed by atoms with E-state index in [1.807, 2.05) is 43.6 Å². The molecule has 0 spiro atoms. The normalized spacial score (nSPS) is 10.2. The number of aromatic nitrogens is 1. The van der Waals surface area contributed by atoms with Gasteiger partial charge < -0.3 is 19.4 Å². The summed E-state index contributed by atoms with van der Waals surface area (Å²) in [7, 11) is 0. The minimum atomic E-state index is -0.110. The van der Waals surface area contributed by atoms with Gasteiger partial charge in [-0.1, -0.05) is 0 Å². The van der Waals surface area contributed by atoms with Crippen LogP contribution >= 0.6 is 0 Å². The number of benzene rings is 1. The molecule has 1 N–H and O–H groups in total. The van der Waals surface area contributed by atoms with Crippen LogP contribution in [0.4, 0.5) is 0 Å². The average molecular weight is 302 g/mol. The Morgan fingerprint density at radius 2 is 1.73 bits per heavy atom. The Hall–Kier alpha value is -2.43. The van der Waals surface area contributed by atoms with E-state index in [1.165, 1.54) is 0 Å². The summed E-state index contributed by atoms with van der Waals surface area (Å²) in [6.45, 7) is 4.13. The molecule has 0 radical (unpaired) electrons. The first kappa shape index (κ1) is 15.9. The van der Waals surface area contributed by atoms with Crippen molar-refractivity contribution in [3.63, 3.8) is 0 Å². The number of nitrogens with one attached hydrogen (secondary N) is 1. The third-order valence-electron chi connectivity index (χ3n) is 3.09. The zero-order valence-electron chi connectivity index (χ0n) is 12.8. The van der Waals surface area contributed by atoms with Crippen LogP contribution < -0.4 is 14.8 Å². The number of aryl methyl sites for hydroxylation is 1. The summed E-state index contributed by atoms with van der Waals surface area (Å²) in [6.07, 6.45) is 4.91. The van der Waals surface area contributed by atoms with Gasteiger partial charge in [0.1, 0.15) is 11.5 Å². The molecular formula is C17H22N2O3. The van der Waals surface area contributed by atoms with E-state index in [9.17, 15) is 4.79 Å². The largest absolute Gasteiger partial charge is 0.494 e. The number of hydrogen-bond acceptors (Lipinski definition) is 3. The monoisotopic (exact) mass is 302 g/mol. The van der Waals surface area contributed by atoms with Crippen molar-refractivity contribution in [1.82, 2.24) is 9.88 Å². The minimum Gasteiger partial charge on any atom is -0.494 e. The molecule has 0 unspecified atom stereocenters. The minimum absolute atomic E-state index is 0.0253. The van der Waals surface area contributed by atoms with Crippen molar-refractivity contribution in [2.24, 2.45) is 0 Å². The quantitative estimate of drug-likeness (QED) is 0.724. The van der Waals surface area contributed by atoms with Crippen LogP contribution in [0.3, 0.4) is 0 Å². The van der Waals surface area contributed by atoms with Crippen LogP contribution in [-0.2, 0) is 11.3 Å². The van der Waals surface area contributed by atoms with Gasteiger partial charge in [-0.3, -0.25) is 4.79 Å². The first-order chi connectivity index (χ1) is 10.8. The first-order valence-electron chi connectivity index (χ1n) is 7.51.